The molecule has 3 saturated carbocycles. The molecular weight excluding hydrogens is 192 g/mol. The van der Waals surface area contributed by atoms with Crippen LogP contribution in [0.4, 0.5) is 0 Å². The normalized spacial score (nSPS) is 47.8. The molecule has 14 heavy (non-hydrogen) atoms. The van der Waals surface area contributed by atoms with E-state index in [1.807, 2.05) is 0 Å². The fourth-order valence-corrected chi connectivity index (χ4v) is 4.64. The quantitative estimate of drug-likeness (QED) is 0.602. The molecule has 0 heterocycles. The van der Waals surface area contributed by atoms with Crippen LogP contribution in [-0.2, 0) is 0 Å². The molecule has 0 aliphatic heterocycles. The maximum Gasteiger partial charge on any atom is 0.0282 e. The first kappa shape index (κ1) is 9.51. The topological polar surface area (TPSA) is 0 Å². The lowest BCUT2D eigenvalue weighted by Crippen LogP contribution is -2.32. The summed E-state index contributed by atoms with van der Waals surface area (Å²) in [7, 11) is 0. The summed E-state index contributed by atoms with van der Waals surface area (Å²) in [4.78, 5) is 0. The predicted molar refractivity (Wildman–Crippen MR) is 60.6 cm³/mol. The highest BCUT2D eigenvalue weighted by molar-refractivity contribution is 6.18. The molecule has 1 heteroatoms. The highest BCUT2D eigenvalue weighted by Crippen LogP contribution is 2.64. The SMILES string of the molecule is ClCC1(C2CCCCC2)CC2CC2C1. The van der Waals surface area contributed by atoms with E-state index in [1.165, 1.54) is 51.4 Å². The highest BCUT2D eigenvalue weighted by Gasteiger charge is 2.55. The average molecular weight is 213 g/mol. The molecule has 3 aliphatic carbocycles. The van der Waals surface area contributed by atoms with E-state index in [1.54, 1.807) is 0 Å². The minimum absolute atomic E-state index is 0.593. The van der Waals surface area contributed by atoms with Gasteiger partial charge in [-0.3, -0.25) is 0 Å². The number of rotatable bonds is 2. The average Bonchev–Trinajstić information content (AvgIpc) is 2.88. The largest absolute Gasteiger partial charge is 0.126 e. The molecule has 0 N–H and O–H groups in total. The Morgan fingerprint density at radius 3 is 2.21 bits per heavy atom. The summed E-state index contributed by atoms with van der Waals surface area (Å²) >= 11 is 6.28. The number of fused-ring (bicyclic) bond motifs is 1. The molecule has 2 atom stereocenters. The first-order chi connectivity index (χ1) is 6.84. The molecule has 0 aromatic heterocycles. The van der Waals surface area contributed by atoms with Crippen molar-refractivity contribution in [3.63, 3.8) is 0 Å². The lowest BCUT2D eigenvalue weighted by Gasteiger charge is -2.39. The second-order valence-electron chi connectivity index (χ2n) is 6.00. The summed E-state index contributed by atoms with van der Waals surface area (Å²) in [5.41, 5.74) is 0.593. The summed E-state index contributed by atoms with van der Waals surface area (Å²) < 4.78 is 0. The third-order valence-electron chi connectivity index (χ3n) is 5.14. The Kier molecular flexibility index (Phi) is 2.31. The first-order valence-corrected chi connectivity index (χ1v) is 6.93. The summed E-state index contributed by atoms with van der Waals surface area (Å²) in [6.45, 7) is 0. The summed E-state index contributed by atoms with van der Waals surface area (Å²) in [5, 5.41) is 0. The van der Waals surface area contributed by atoms with E-state index in [4.69, 9.17) is 11.6 Å². The van der Waals surface area contributed by atoms with Crippen molar-refractivity contribution < 1.29 is 0 Å². The van der Waals surface area contributed by atoms with Gasteiger partial charge in [0, 0.05) is 5.88 Å². The maximum absolute atomic E-state index is 6.28. The van der Waals surface area contributed by atoms with Gasteiger partial charge in [-0.05, 0) is 55.3 Å². The predicted octanol–water partition coefficient (Wildman–Crippen LogP) is 4.22. The van der Waals surface area contributed by atoms with Crippen LogP contribution in [0.3, 0.4) is 0 Å². The van der Waals surface area contributed by atoms with Gasteiger partial charge in [0.05, 0.1) is 0 Å². The van der Waals surface area contributed by atoms with Crippen molar-refractivity contribution in [3.8, 4) is 0 Å². The van der Waals surface area contributed by atoms with E-state index < -0.39 is 0 Å². The Labute approximate surface area is 92.4 Å². The van der Waals surface area contributed by atoms with Gasteiger partial charge < -0.3 is 0 Å². The van der Waals surface area contributed by atoms with Crippen LogP contribution in [0.2, 0.25) is 0 Å². The molecule has 80 valence electrons. The van der Waals surface area contributed by atoms with Crippen LogP contribution in [0, 0.1) is 23.2 Å². The van der Waals surface area contributed by atoms with Crippen molar-refractivity contribution in [2.24, 2.45) is 23.2 Å². The van der Waals surface area contributed by atoms with Crippen molar-refractivity contribution in [2.75, 3.05) is 5.88 Å². The fraction of sp³-hybridized carbons (Fsp3) is 1.00. The van der Waals surface area contributed by atoms with E-state index in [-0.39, 0.29) is 0 Å². The summed E-state index contributed by atoms with van der Waals surface area (Å²) in [6, 6.07) is 0. The Morgan fingerprint density at radius 1 is 1.00 bits per heavy atom. The molecular formula is C13H21Cl. The second kappa shape index (κ2) is 3.40. The molecule has 0 bridgehead atoms. The van der Waals surface area contributed by atoms with E-state index in [0.717, 1.165) is 23.6 Å². The molecule has 3 rings (SSSR count). The Morgan fingerprint density at radius 2 is 1.64 bits per heavy atom. The van der Waals surface area contributed by atoms with Gasteiger partial charge >= 0.3 is 0 Å². The molecule has 0 radical (unpaired) electrons. The van der Waals surface area contributed by atoms with Crippen LogP contribution in [0.15, 0.2) is 0 Å². The molecule has 0 spiro atoms. The van der Waals surface area contributed by atoms with Crippen molar-refractivity contribution >= 4 is 11.6 Å². The van der Waals surface area contributed by atoms with Crippen LogP contribution in [0.1, 0.15) is 51.4 Å². The van der Waals surface area contributed by atoms with E-state index in [9.17, 15) is 0 Å². The number of hydrogen-bond acceptors (Lipinski definition) is 0. The lowest BCUT2D eigenvalue weighted by molar-refractivity contribution is 0.131. The zero-order chi connectivity index (χ0) is 9.60. The minimum Gasteiger partial charge on any atom is -0.126 e. The van der Waals surface area contributed by atoms with Crippen molar-refractivity contribution in [2.45, 2.75) is 51.4 Å². The monoisotopic (exact) mass is 212 g/mol. The zero-order valence-corrected chi connectivity index (χ0v) is 9.73. The van der Waals surface area contributed by atoms with Gasteiger partial charge in [0.1, 0.15) is 0 Å². The van der Waals surface area contributed by atoms with E-state index in [2.05, 4.69) is 0 Å². The smallest absolute Gasteiger partial charge is 0.0282 e. The minimum atomic E-state index is 0.593. The van der Waals surface area contributed by atoms with Crippen LogP contribution in [0.5, 0.6) is 0 Å². The number of hydrogen-bond donors (Lipinski definition) is 0. The van der Waals surface area contributed by atoms with Gasteiger partial charge in [-0.25, -0.2) is 0 Å². The summed E-state index contributed by atoms with van der Waals surface area (Å²) in [5.74, 6) is 4.12. The molecule has 0 nitrogen and oxygen atoms in total. The Bertz CT molecular complexity index is 207. The molecule has 0 saturated heterocycles. The van der Waals surface area contributed by atoms with Crippen molar-refractivity contribution in [1.29, 1.82) is 0 Å². The second-order valence-corrected chi connectivity index (χ2v) is 6.26. The van der Waals surface area contributed by atoms with Crippen molar-refractivity contribution in [3.05, 3.63) is 0 Å². The Hall–Kier alpha value is 0.290. The van der Waals surface area contributed by atoms with Gasteiger partial charge in [0.15, 0.2) is 0 Å². The van der Waals surface area contributed by atoms with Gasteiger partial charge in [-0.2, -0.15) is 0 Å². The number of halogens is 1. The van der Waals surface area contributed by atoms with Crippen LogP contribution >= 0.6 is 11.6 Å². The third-order valence-corrected chi connectivity index (χ3v) is 5.68. The molecule has 2 unspecified atom stereocenters. The van der Waals surface area contributed by atoms with Gasteiger partial charge in [0.2, 0.25) is 0 Å². The zero-order valence-electron chi connectivity index (χ0n) is 8.97. The molecule has 0 aromatic rings. The fourth-order valence-electron chi connectivity index (χ4n) is 4.20. The van der Waals surface area contributed by atoms with Gasteiger partial charge in [-0.1, -0.05) is 19.3 Å². The summed E-state index contributed by atoms with van der Waals surface area (Å²) in [6.07, 6.45) is 11.9. The van der Waals surface area contributed by atoms with Crippen LogP contribution in [0.25, 0.3) is 0 Å². The van der Waals surface area contributed by atoms with Gasteiger partial charge in [0.25, 0.3) is 0 Å². The highest BCUT2D eigenvalue weighted by atomic mass is 35.5. The lowest BCUT2D eigenvalue weighted by atomic mass is 9.67. The first-order valence-electron chi connectivity index (χ1n) is 6.40. The molecule has 3 aliphatic rings. The van der Waals surface area contributed by atoms with Crippen LogP contribution in [-0.4, -0.2) is 5.88 Å². The standard InChI is InChI=1S/C13H21Cl/c14-9-13(7-10-6-11(10)8-13)12-4-2-1-3-5-12/h10-12H,1-9H2. The third kappa shape index (κ3) is 1.41. The Balaban J connectivity index is 1.72. The maximum atomic E-state index is 6.28. The number of alkyl halides is 1. The van der Waals surface area contributed by atoms with Gasteiger partial charge in [-0.15, -0.1) is 11.6 Å². The van der Waals surface area contributed by atoms with Crippen LogP contribution < -0.4 is 0 Å². The molecule has 3 fully saturated rings. The van der Waals surface area contributed by atoms with Crippen molar-refractivity contribution in [1.82, 2.24) is 0 Å². The van der Waals surface area contributed by atoms with E-state index >= 15 is 0 Å². The molecule has 0 amide bonds. The molecule has 0 aromatic carbocycles. The van der Waals surface area contributed by atoms with E-state index in [0.29, 0.717) is 5.41 Å².